The zero-order chi connectivity index (χ0) is 17.3. The highest BCUT2D eigenvalue weighted by Crippen LogP contribution is 2.35. The molecule has 1 aromatic carbocycles. The minimum absolute atomic E-state index is 0.162. The minimum Gasteiger partial charge on any atom is -0.479 e. The fourth-order valence-corrected chi connectivity index (χ4v) is 3.16. The number of Topliss-reactive ketones (excluding diaryl/α,β-unsaturated/α-hetero) is 1. The predicted molar refractivity (Wildman–Crippen MR) is 90.5 cm³/mol. The van der Waals surface area contributed by atoms with E-state index >= 15 is 0 Å². The molecule has 124 valence electrons. The van der Waals surface area contributed by atoms with E-state index < -0.39 is 12.1 Å². The highest BCUT2D eigenvalue weighted by molar-refractivity contribution is 7.11. The highest BCUT2D eigenvalue weighted by atomic mass is 32.1. The Balaban J connectivity index is 1.83. The number of carbonyl (C=O) groups excluding carboxylic acids is 2. The molecule has 24 heavy (non-hydrogen) atoms. The molecule has 2 heterocycles. The summed E-state index contributed by atoms with van der Waals surface area (Å²) in [5.41, 5.74) is 1.57. The Kier molecular flexibility index (Phi) is 4.40. The monoisotopic (exact) mass is 344 g/mol. The SMILES string of the molecule is COC(=O)[C@@H](C)Oc1ccc2c(c1)O/C(=C\c1sccc1C)C2=O. The largest absolute Gasteiger partial charge is 0.479 e. The summed E-state index contributed by atoms with van der Waals surface area (Å²) in [6.07, 6.45) is 1.01. The molecule has 0 unspecified atom stereocenters. The van der Waals surface area contributed by atoms with Crippen LogP contribution in [-0.2, 0) is 9.53 Å². The van der Waals surface area contributed by atoms with Gasteiger partial charge in [0.05, 0.1) is 12.7 Å². The molecular formula is C18H16O5S. The van der Waals surface area contributed by atoms with Crippen LogP contribution in [0.2, 0.25) is 0 Å². The number of carbonyl (C=O) groups is 2. The van der Waals surface area contributed by atoms with Gasteiger partial charge >= 0.3 is 5.97 Å². The van der Waals surface area contributed by atoms with Crippen LogP contribution in [0.5, 0.6) is 11.5 Å². The van der Waals surface area contributed by atoms with E-state index in [2.05, 4.69) is 4.74 Å². The number of ether oxygens (including phenoxy) is 3. The lowest BCUT2D eigenvalue weighted by Gasteiger charge is -2.12. The number of fused-ring (bicyclic) bond motifs is 1. The molecule has 1 aliphatic rings. The van der Waals surface area contributed by atoms with Crippen LogP contribution in [0.4, 0.5) is 0 Å². The van der Waals surface area contributed by atoms with Crippen LogP contribution in [0.25, 0.3) is 6.08 Å². The summed E-state index contributed by atoms with van der Waals surface area (Å²) in [5.74, 6) is 0.517. The van der Waals surface area contributed by atoms with E-state index in [9.17, 15) is 9.59 Å². The van der Waals surface area contributed by atoms with E-state index in [1.165, 1.54) is 7.11 Å². The molecule has 0 spiro atoms. The number of thiophene rings is 1. The third-order valence-electron chi connectivity index (χ3n) is 3.65. The van der Waals surface area contributed by atoms with E-state index in [0.717, 1.165) is 10.4 Å². The van der Waals surface area contributed by atoms with Gasteiger partial charge in [-0.25, -0.2) is 4.79 Å². The van der Waals surface area contributed by atoms with Crippen molar-refractivity contribution in [3.63, 3.8) is 0 Å². The van der Waals surface area contributed by atoms with Gasteiger partial charge in [0.2, 0.25) is 5.78 Å². The Hall–Kier alpha value is -2.60. The second kappa shape index (κ2) is 6.49. The first-order valence-electron chi connectivity index (χ1n) is 7.36. The molecule has 0 aliphatic carbocycles. The Morgan fingerprint density at radius 1 is 1.33 bits per heavy atom. The van der Waals surface area contributed by atoms with E-state index in [1.54, 1.807) is 42.5 Å². The van der Waals surface area contributed by atoms with E-state index in [4.69, 9.17) is 9.47 Å². The summed E-state index contributed by atoms with van der Waals surface area (Å²) in [4.78, 5) is 24.8. The molecule has 2 aromatic rings. The maximum absolute atomic E-state index is 12.4. The van der Waals surface area contributed by atoms with Gasteiger partial charge in [-0.1, -0.05) is 0 Å². The van der Waals surface area contributed by atoms with Gasteiger partial charge in [0.25, 0.3) is 0 Å². The molecule has 0 N–H and O–H groups in total. The van der Waals surface area contributed by atoms with Crippen molar-refractivity contribution in [2.24, 2.45) is 0 Å². The summed E-state index contributed by atoms with van der Waals surface area (Å²) in [7, 11) is 1.30. The maximum Gasteiger partial charge on any atom is 0.346 e. The summed E-state index contributed by atoms with van der Waals surface area (Å²) < 4.78 is 15.8. The molecular weight excluding hydrogens is 328 g/mol. The number of benzene rings is 1. The van der Waals surface area contributed by atoms with Crippen LogP contribution in [0, 0.1) is 6.92 Å². The van der Waals surface area contributed by atoms with E-state index in [-0.39, 0.29) is 11.5 Å². The summed E-state index contributed by atoms with van der Waals surface area (Å²) in [6.45, 7) is 3.57. The molecule has 0 amide bonds. The van der Waals surface area contributed by atoms with Gasteiger partial charge in [0.1, 0.15) is 11.5 Å². The topological polar surface area (TPSA) is 61.8 Å². The number of rotatable bonds is 4. The molecule has 5 nitrogen and oxygen atoms in total. The lowest BCUT2D eigenvalue weighted by molar-refractivity contribution is -0.147. The highest BCUT2D eigenvalue weighted by Gasteiger charge is 2.28. The number of hydrogen-bond acceptors (Lipinski definition) is 6. The summed E-state index contributed by atoms with van der Waals surface area (Å²) >= 11 is 1.55. The van der Waals surface area contributed by atoms with Crippen molar-refractivity contribution in [3.8, 4) is 11.5 Å². The van der Waals surface area contributed by atoms with Gasteiger partial charge in [0, 0.05) is 17.0 Å². The molecule has 0 saturated heterocycles. The quantitative estimate of drug-likeness (QED) is 0.626. The Morgan fingerprint density at radius 3 is 2.79 bits per heavy atom. The predicted octanol–water partition coefficient (Wildman–Crippen LogP) is 3.61. The van der Waals surface area contributed by atoms with Gasteiger partial charge in [-0.3, -0.25) is 4.79 Å². The minimum atomic E-state index is -0.742. The lowest BCUT2D eigenvalue weighted by atomic mass is 10.1. The average molecular weight is 344 g/mol. The second-order valence-corrected chi connectivity index (χ2v) is 6.30. The third-order valence-corrected chi connectivity index (χ3v) is 4.62. The van der Waals surface area contributed by atoms with Crippen molar-refractivity contribution in [2.75, 3.05) is 7.11 Å². The molecule has 6 heteroatoms. The van der Waals surface area contributed by atoms with Crippen molar-refractivity contribution in [1.82, 2.24) is 0 Å². The van der Waals surface area contributed by atoms with Crippen LogP contribution < -0.4 is 9.47 Å². The van der Waals surface area contributed by atoms with Crippen LogP contribution in [0.15, 0.2) is 35.4 Å². The molecule has 0 saturated carbocycles. The number of esters is 1. The van der Waals surface area contributed by atoms with Gasteiger partial charge in [-0.05, 0) is 43.0 Å². The molecule has 3 rings (SSSR count). The maximum atomic E-state index is 12.4. The number of ketones is 1. The second-order valence-electron chi connectivity index (χ2n) is 5.35. The zero-order valence-electron chi connectivity index (χ0n) is 13.5. The lowest BCUT2D eigenvalue weighted by Crippen LogP contribution is -2.24. The van der Waals surface area contributed by atoms with Crippen LogP contribution in [0.1, 0.15) is 27.7 Å². The standard InChI is InChI=1S/C18H16O5S/c1-10-6-7-24-16(10)9-15-17(19)13-5-4-12(8-14(13)23-15)22-11(2)18(20)21-3/h4-9,11H,1-3H3/b15-9-/t11-/m1/s1. The van der Waals surface area contributed by atoms with Gasteiger partial charge < -0.3 is 14.2 Å². The van der Waals surface area contributed by atoms with Crippen molar-refractivity contribution < 1.29 is 23.8 Å². The fraction of sp³-hybridized carbons (Fsp3) is 0.222. The summed E-state index contributed by atoms with van der Waals surface area (Å²) in [5, 5.41) is 1.97. The first kappa shape index (κ1) is 16.3. The molecule has 0 radical (unpaired) electrons. The van der Waals surface area contributed by atoms with Gasteiger partial charge in [0.15, 0.2) is 11.9 Å². The number of hydrogen-bond donors (Lipinski definition) is 0. The number of allylic oxidation sites excluding steroid dienone is 1. The van der Waals surface area contributed by atoms with Crippen LogP contribution in [-0.4, -0.2) is 25.0 Å². The first-order valence-corrected chi connectivity index (χ1v) is 8.24. The van der Waals surface area contributed by atoms with Crippen molar-refractivity contribution in [2.45, 2.75) is 20.0 Å². The van der Waals surface area contributed by atoms with Gasteiger partial charge in [-0.2, -0.15) is 0 Å². The molecule has 1 aromatic heterocycles. The Bertz CT molecular complexity index is 834. The zero-order valence-corrected chi connectivity index (χ0v) is 14.3. The van der Waals surface area contributed by atoms with E-state index in [0.29, 0.717) is 17.1 Å². The van der Waals surface area contributed by atoms with Crippen LogP contribution in [0.3, 0.4) is 0 Å². The molecule has 1 aliphatic heterocycles. The summed E-state index contributed by atoms with van der Waals surface area (Å²) in [6, 6.07) is 6.87. The van der Waals surface area contributed by atoms with Crippen molar-refractivity contribution >= 4 is 29.2 Å². The fourth-order valence-electron chi connectivity index (χ4n) is 2.31. The van der Waals surface area contributed by atoms with Crippen molar-refractivity contribution in [3.05, 3.63) is 51.4 Å². The first-order chi connectivity index (χ1) is 11.5. The van der Waals surface area contributed by atoms with E-state index in [1.807, 2.05) is 18.4 Å². The Morgan fingerprint density at radius 2 is 2.12 bits per heavy atom. The molecule has 0 bridgehead atoms. The van der Waals surface area contributed by atoms with Gasteiger partial charge in [-0.15, -0.1) is 11.3 Å². The average Bonchev–Trinajstić information content (AvgIpc) is 3.11. The normalized spacial score (nSPS) is 15.8. The smallest absolute Gasteiger partial charge is 0.346 e. The van der Waals surface area contributed by atoms with Crippen LogP contribution >= 0.6 is 11.3 Å². The number of aryl methyl sites for hydroxylation is 1. The third kappa shape index (κ3) is 3.05. The Labute approximate surface area is 143 Å². The number of methoxy groups -OCH3 is 1. The molecule has 0 fully saturated rings. The molecule has 1 atom stereocenters. The van der Waals surface area contributed by atoms with Crippen molar-refractivity contribution in [1.29, 1.82) is 0 Å².